The maximum absolute atomic E-state index is 2.71. The highest BCUT2D eigenvalue weighted by molar-refractivity contribution is 7.75. The molecule has 0 saturated heterocycles. The van der Waals surface area contributed by atoms with Gasteiger partial charge >= 0.3 is 0 Å². The molecule has 0 radical (unpaired) electrons. The van der Waals surface area contributed by atoms with E-state index in [4.69, 9.17) is 0 Å². The Hall–Kier alpha value is -2.18. The predicted molar refractivity (Wildman–Crippen MR) is 316 cm³/mol. The highest BCUT2D eigenvalue weighted by Crippen LogP contribution is 2.70. The summed E-state index contributed by atoms with van der Waals surface area (Å²) in [6.45, 7) is 0. The monoisotopic (exact) mass is 1000 g/mol. The highest BCUT2D eigenvalue weighted by atomic mass is 31.1. The van der Waals surface area contributed by atoms with Crippen molar-refractivity contribution in [2.75, 3.05) is 12.3 Å². The fraction of sp³-hybridized carbons (Fsp3) is 0.545. The lowest BCUT2D eigenvalue weighted by Crippen LogP contribution is -2.56. The molecule has 5 saturated carbocycles. The molecule has 5 aliphatic carbocycles. The molecule has 0 N–H and O–H groups in total. The summed E-state index contributed by atoms with van der Waals surface area (Å²) >= 11 is 0. The van der Waals surface area contributed by atoms with Gasteiger partial charge in [-0.25, -0.2) is 0 Å². The van der Waals surface area contributed by atoms with Crippen LogP contribution >= 0.6 is 31.7 Å². The van der Waals surface area contributed by atoms with E-state index in [-0.39, 0.29) is 21.3 Å². The van der Waals surface area contributed by atoms with Crippen molar-refractivity contribution >= 4 is 52.9 Å². The van der Waals surface area contributed by atoms with Gasteiger partial charge in [-0.1, -0.05) is 256 Å². The van der Waals surface area contributed by atoms with E-state index in [9.17, 15) is 0 Å². The minimum atomic E-state index is -0.759. The maximum atomic E-state index is 2.71. The summed E-state index contributed by atoms with van der Waals surface area (Å²) in [5.41, 5.74) is 6.87. The first-order valence-corrected chi connectivity index (χ1v) is 35.3. The first kappa shape index (κ1) is 51.3. The minimum Gasteiger partial charge on any atom is -0.100 e. The Morgan fingerprint density at radius 3 is 1.11 bits per heavy atom. The molecule has 0 nitrogen and oxygen atoms in total. The Labute approximate surface area is 432 Å². The summed E-state index contributed by atoms with van der Waals surface area (Å²) in [6, 6.07) is 61.8. The van der Waals surface area contributed by atoms with Crippen molar-refractivity contribution in [2.45, 2.75) is 206 Å². The van der Waals surface area contributed by atoms with Crippen LogP contribution in [-0.2, 0) is 5.41 Å². The summed E-state index contributed by atoms with van der Waals surface area (Å²) < 4.78 is 0. The summed E-state index contributed by atoms with van der Waals surface area (Å²) in [4.78, 5) is 0. The van der Waals surface area contributed by atoms with Crippen LogP contribution in [-0.4, -0.2) is 46.3 Å². The molecular formula is C66H88P4. The minimum absolute atomic E-state index is 0.00344. The molecule has 5 aromatic rings. The molecule has 0 bridgehead atoms. The van der Waals surface area contributed by atoms with Crippen LogP contribution in [0, 0.1) is 5.92 Å². The lowest BCUT2D eigenvalue weighted by atomic mass is 9.63. The Morgan fingerprint density at radius 1 is 0.371 bits per heavy atom. The number of hydrogen-bond acceptors (Lipinski definition) is 0. The highest BCUT2D eigenvalue weighted by Gasteiger charge is 2.57. The van der Waals surface area contributed by atoms with Crippen LogP contribution in [0.1, 0.15) is 173 Å². The second-order valence-corrected chi connectivity index (χ2v) is 33.2. The zero-order chi connectivity index (χ0) is 47.2. The van der Waals surface area contributed by atoms with Crippen LogP contribution < -0.4 is 21.2 Å². The Balaban J connectivity index is 1.27. The number of hydrogen-bond donors (Lipinski definition) is 0. The van der Waals surface area contributed by atoms with Gasteiger partial charge in [0.1, 0.15) is 0 Å². The van der Waals surface area contributed by atoms with Crippen LogP contribution in [0.5, 0.6) is 0 Å². The smallest absolute Gasteiger partial charge is 0.0106 e. The van der Waals surface area contributed by atoms with Crippen LogP contribution in [0.25, 0.3) is 0 Å². The summed E-state index contributed by atoms with van der Waals surface area (Å²) in [5.74, 6) is 0.652. The van der Waals surface area contributed by atoms with Gasteiger partial charge in [-0.05, 0) is 160 Å². The Morgan fingerprint density at radius 2 is 0.714 bits per heavy atom. The molecule has 70 heavy (non-hydrogen) atoms. The van der Waals surface area contributed by atoms with Gasteiger partial charge < -0.3 is 0 Å². The first-order chi connectivity index (χ1) is 34.8. The van der Waals surface area contributed by atoms with E-state index >= 15 is 0 Å². The van der Waals surface area contributed by atoms with Crippen LogP contribution in [0.3, 0.4) is 0 Å². The predicted octanol–water partition coefficient (Wildman–Crippen LogP) is 18.2. The summed E-state index contributed by atoms with van der Waals surface area (Å²) in [6.07, 6.45) is 41.1. The lowest BCUT2D eigenvalue weighted by molar-refractivity contribution is 0.212. The van der Waals surface area contributed by atoms with Gasteiger partial charge in [0.15, 0.2) is 0 Å². The van der Waals surface area contributed by atoms with Gasteiger partial charge in [-0.2, -0.15) is 0 Å². The molecule has 0 amide bonds. The Kier molecular flexibility index (Phi) is 19.3. The average Bonchev–Trinajstić information content (AvgIpc) is 3.45. The fourth-order valence-corrected chi connectivity index (χ4v) is 31.4. The van der Waals surface area contributed by atoms with Crippen molar-refractivity contribution in [1.29, 1.82) is 0 Å². The van der Waals surface area contributed by atoms with Gasteiger partial charge in [0, 0.05) is 11.1 Å². The third kappa shape index (κ3) is 12.3. The Bertz CT molecular complexity index is 2090. The van der Waals surface area contributed by atoms with Crippen LogP contribution in [0.4, 0.5) is 0 Å². The molecule has 372 valence electrons. The molecule has 3 atom stereocenters. The molecule has 0 heterocycles. The van der Waals surface area contributed by atoms with E-state index in [1.807, 2.05) is 0 Å². The van der Waals surface area contributed by atoms with E-state index in [0.717, 1.165) is 28.3 Å². The van der Waals surface area contributed by atoms with Gasteiger partial charge in [0.05, 0.1) is 0 Å². The molecule has 5 aromatic carbocycles. The second-order valence-electron chi connectivity index (χ2n) is 22.7. The first-order valence-electron chi connectivity index (χ1n) is 29.1. The van der Waals surface area contributed by atoms with E-state index in [1.54, 1.807) is 32.9 Å². The zero-order valence-electron chi connectivity index (χ0n) is 43.1. The SMILES string of the molecule is c1ccc(P(CC(c2ccccc2)(C2CCCCC2)C(C(CCP(C2CCCCC2)C2CCCCC2)P(C2CCCCC2)C2CCCCC2)P(c2ccccc2)c2ccccc2)c2ccccc2)cc1. The fourth-order valence-electron chi connectivity index (χ4n) is 15.4. The van der Waals surface area contributed by atoms with Gasteiger partial charge in [0.25, 0.3) is 0 Å². The largest absolute Gasteiger partial charge is 0.100 e. The molecule has 0 aliphatic heterocycles. The second kappa shape index (κ2) is 26.3. The van der Waals surface area contributed by atoms with Crippen molar-refractivity contribution in [3.05, 3.63) is 157 Å². The van der Waals surface area contributed by atoms with E-state index in [2.05, 4.69) is 152 Å². The summed E-state index contributed by atoms with van der Waals surface area (Å²) in [5, 5.41) is 6.47. The van der Waals surface area contributed by atoms with Crippen molar-refractivity contribution < 1.29 is 0 Å². The van der Waals surface area contributed by atoms with Crippen molar-refractivity contribution in [2.24, 2.45) is 5.92 Å². The molecule has 3 unspecified atom stereocenters. The molecule has 5 aliphatic rings. The van der Waals surface area contributed by atoms with Crippen molar-refractivity contribution in [3.63, 3.8) is 0 Å². The quantitative estimate of drug-likeness (QED) is 0.0723. The van der Waals surface area contributed by atoms with E-state index < -0.39 is 15.8 Å². The molecule has 0 aromatic heterocycles. The van der Waals surface area contributed by atoms with Crippen molar-refractivity contribution in [3.8, 4) is 0 Å². The number of benzene rings is 5. The molecule has 10 rings (SSSR count). The molecule has 4 heteroatoms. The topological polar surface area (TPSA) is 0 Å². The van der Waals surface area contributed by atoms with Crippen LogP contribution in [0.15, 0.2) is 152 Å². The van der Waals surface area contributed by atoms with E-state index in [0.29, 0.717) is 11.6 Å². The lowest BCUT2D eigenvalue weighted by Gasteiger charge is -2.58. The maximum Gasteiger partial charge on any atom is 0.0106 e. The molecule has 5 fully saturated rings. The summed E-state index contributed by atoms with van der Waals surface area (Å²) in [7, 11) is -1.70. The average molecular weight is 1010 g/mol. The third-order valence-corrected chi connectivity index (χ3v) is 32.3. The van der Waals surface area contributed by atoms with Gasteiger partial charge in [-0.3, -0.25) is 0 Å². The van der Waals surface area contributed by atoms with Gasteiger partial charge in [0.2, 0.25) is 0 Å². The van der Waals surface area contributed by atoms with Crippen molar-refractivity contribution in [1.82, 2.24) is 0 Å². The van der Waals surface area contributed by atoms with Crippen LogP contribution in [0.2, 0.25) is 0 Å². The van der Waals surface area contributed by atoms with Gasteiger partial charge in [-0.15, -0.1) is 7.92 Å². The molecule has 0 spiro atoms. The normalized spacial score (nSPS) is 21.5. The van der Waals surface area contributed by atoms with E-state index in [1.165, 1.54) is 173 Å². The third-order valence-electron chi connectivity index (χ3n) is 18.6. The zero-order valence-corrected chi connectivity index (χ0v) is 46.6. The standard InChI is InChI=1S/C66H88P4/c1-11-31-54(32-12-1)66(55-33-13-2-14-34-55,53-68(58-39-19-5-20-40-58)59-41-21-6-22-42-59)65(70(62-47-27-9-28-48-62)63-49-29-10-30-50-63)64(69(60-43-23-7-24-44-60)61-45-25-8-26-46-61)51-52-67(56-35-15-3-16-36-56)57-37-17-4-18-38-57/h1,5-6,9-12,19-22,27-32,39-42,47-50,55-57,60-61,64-65H,2-4,7-8,13-18,23-26,33-38,43-46,51-53H2. The number of rotatable bonds is 19. The molecular weight excluding hydrogens is 917 g/mol.